The molecule has 0 radical (unpaired) electrons. The number of aryl methyl sites for hydroxylation is 1. The van der Waals surface area contributed by atoms with E-state index in [1.807, 2.05) is 0 Å². The van der Waals surface area contributed by atoms with E-state index in [2.05, 4.69) is 0 Å². The number of aromatic hydroxyl groups is 1. The summed E-state index contributed by atoms with van der Waals surface area (Å²) in [6.45, 7) is 1.01. The maximum atomic E-state index is 11.8. The average Bonchev–Trinajstić information content (AvgIpc) is 2.67. The Morgan fingerprint density at radius 1 is 1.07 bits per heavy atom. The van der Waals surface area contributed by atoms with Crippen LogP contribution in [0.5, 0.6) is 17.2 Å². The molecule has 1 aliphatic rings. The van der Waals surface area contributed by atoms with Gasteiger partial charge < -0.3 is 44.2 Å². The Morgan fingerprint density at radius 2 is 1.79 bits per heavy atom. The number of phenolic OH excluding ortho intramolecular Hbond substituents is 1. The Bertz CT molecular complexity index is 922. The summed E-state index contributed by atoms with van der Waals surface area (Å²) in [5, 5.41) is 49.4. The molecule has 10 nitrogen and oxygen atoms in total. The van der Waals surface area contributed by atoms with Crippen molar-refractivity contribution in [3.8, 4) is 28.6 Å². The molecule has 5 N–H and O–H groups in total. The fourth-order valence-electron chi connectivity index (χ4n) is 3.13. The zero-order chi connectivity index (χ0) is 21.3. The first-order chi connectivity index (χ1) is 13.7. The lowest BCUT2D eigenvalue weighted by atomic mass is 9.99. The highest BCUT2D eigenvalue weighted by molar-refractivity contribution is 5.72. The summed E-state index contributed by atoms with van der Waals surface area (Å²) < 4.78 is 21.3. The number of hydrogen-bond donors (Lipinski definition) is 5. The van der Waals surface area contributed by atoms with E-state index in [9.17, 15) is 30.3 Å². The van der Waals surface area contributed by atoms with Gasteiger partial charge in [-0.1, -0.05) is 0 Å². The van der Waals surface area contributed by atoms with Crippen LogP contribution in [0, 0.1) is 6.92 Å². The van der Waals surface area contributed by atoms with E-state index in [0.717, 1.165) is 6.07 Å². The topological polar surface area (TPSA) is 159 Å². The number of hydrogen-bond acceptors (Lipinski definition) is 10. The van der Waals surface area contributed by atoms with Crippen molar-refractivity contribution in [3.05, 3.63) is 40.2 Å². The summed E-state index contributed by atoms with van der Waals surface area (Å²) in [7, 11) is 1.38. The van der Waals surface area contributed by atoms with Crippen molar-refractivity contribution < 1.29 is 44.2 Å². The van der Waals surface area contributed by atoms with Gasteiger partial charge in [-0.3, -0.25) is 0 Å². The molecule has 1 aromatic heterocycles. The smallest absolute Gasteiger partial charge is 0.339 e. The summed E-state index contributed by atoms with van der Waals surface area (Å²) in [4.78, 5) is 11.8. The lowest BCUT2D eigenvalue weighted by Crippen LogP contribution is -2.60. The van der Waals surface area contributed by atoms with Crippen LogP contribution in [-0.2, 0) is 4.74 Å². The number of aliphatic hydroxyl groups is 4. The molecule has 0 unspecified atom stereocenters. The molecule has 3 rings (SSSR count). The predicted octanol–water partition coefficient (Wildman–Crippen LogP) is -0.492. The van der Waals surface area contributed by atoms with Crippen LogP contribution in [0.3, 0.4) is 0 Å². The van der Waals surface area contributed by atoms with Gasteiger partial charge in [-0.05, 0) is 18.6 Å². The van der Waals surface area contributed by atoms with E-state index in [1.165, 1.54) is 25.3 Å². The molecular weight excluding hydrogens is 388 g/mol. The zero-order valence-electron chi connectivity index (χ0n) is 15.7. The monoisotopic (exact) mass is 410 g/mol. The predicted molar refractivity (Wildman–Crippen MR) is 97.8 cm³/mol. The normalized spacial score (nSPS) is 26.9. The molecule has 29 heavy (non-hydrogen) atoms. The Labute approximate surface area is 165 Å². The second-order valence-corrected chi connectivity index (χ2v) is 6.63. The van der Waals surface area contributed by atoms with Gasteiger partial charge in [-0.15, -0.1) is 0 Å². The van der Waals surface area contributed by atoms with Crippen LogP contribution in [0.2, 0.25) is 0 Å². The van der Waals surface area contributed by atoms with Gasteiger partial charge in [0.25, 0.3) is 0 Å². The minimum absolute atomic E-state index is 0.0248. The van der Waals surface area contributed by atoms with Crippen molar-refractivity contribution in [2.24, 2.45) is 0 Å². The molecule has 0 saturated carbocycles. The maximum Gasteiger partial charge on any atom is 0.339 e. The third kappa shape index (κ3) is 4.21. The van der Waals surface area contributed by atoms with Gasteiger partial charge in [0.2, 0.25) is 6.29 Å². The van der Waals surface area contributed by atoms with Crippen LogP contribution in [0.1, 0.15) is 5.56 Å². The lowest BCUT2D eigenvalue weighted by Gasteiger charge is -2.39. The molecule has 2 heterocycles. The number of phenols is 1. The second-order valence-electron chi connectivity index (χ2n) is 6.63. The van der Waals surface area contributed by atoms with Crippen molar-refractivity contribution in [1.29, 1.82) is 0 Å². The van der Waals surface area contributed by atoms with Gasteiger partial charge >= 0.3 is 5.63 Å². The molecule has 0 amide bonds. The van der Waals surface area contributed by atoms with Gasteiger partial charge in [0.1, 0.15) is 47.4 Å². The first-order valence-electron chi connectivity index (χ1n) is 8.75. The number of methoxy groups -OCH3 is 1. The van der Waals surface area contributed by atoms with Crippen molar-refractivity contribution in [1.82, 2.24) is 0 Å². The highest BCUT2D eigenvalue weighted by Gasteiger charge is 2.45. The molecule has 0 bridgehead atoms. The standard InChI is InChI=1S/C19H22O10/c1-8-3-9(21)4-11(15(8)12-5-10(26-2)6-14(22)27-12)28-19-18(25)17(24)16(23)13(7-20)29-19/h3-6,13,16-21,23-25H,7H2,1-2H3/t13-,16-,17+,18-,19+/m0/s1. The Balaban J connectivity index is 2.04. The van der Waals surface area contributed by atoms with Crippen LogP contribution < -0.4 is 15.1 Å². The summed E-state index contributed by atoms with van der Waals surface area (Å²) in [6, 6.07) is 5.22. The van der Waals surface area contributed by atoms with Gasteiger partial charge in [-0.2, -0.15) is 0 Å². The van der Waals surface area contributed by atoms with Crippen molar-refractivity contribution >= 4 is 0 Å². The quantitative estimate of drug-likeness (QED) is 0.435. The molecule has 1 aromatic carbocycles. The van der Waals surface area contributed by atoms with E-state index in [0.29, 0.717) is 5.56 Å². The first kappa shape index (κ1) is 21.1. The third-order valence-electron chi connectivity index (χ3n) is 4.60. The third-order valence-corrected chi connectivity index (χ3v) is 4.60. The van der Waals surface area contributed by atoms with E-state index >= 15 is 0 Å². The van der Waals surface area contributed by atoms with Crippen molar-refractivity contribution in [3.63, 3.8) is 0 Å². The largest absolute Gasteiger partial charge is 0.508 e. The summed E-state index contributed by atoms with van der Waals surface area (Å²) >= 11 is 0. The van der Waals surface area contributed by atoms with Crippen LogP contribution in [0.4, 0.5) is 0 Å². The van der Waals surface area contributed by atoms with Gasteiger partial charge in [0.05, 0.1) is 25.3 Å². The number of ether oxygens (including phenoxy) is 3. The molecule has 0 aliphatic carbocycles. The van der Waals surface area contributed by atoms with E-state index in [-0.39, 0.29) is 28.6 Å². The van der Waals surface area contributed by atoms with Crippen LogP contribution in [0.15, 0.2) is 33.5 Å². The fraction of sp³-hybridized carbons (Fsp3) is 0.421. The zero-order valence-corrected chi connectivity index (χ0v) is 15.7. The average molecular weight is 410 g/mol. The maximum absolute atomic E-state index is 11.8. The molecule has 1 aliphatic heterocycles. The Kier molecular flexibility index (Phi) is 6.10. The SMILES string of the molecule is COc1cc(-c2c(C)cc(O)cc2O[C@@H]2O[C@@H](CO)[C@H](O)[C@@H](O)[C@@H]2O)oc(=O)c1. The number of rotatable bonds is 5. The molecule has 5 atom stereocenters. The van der Waals surface area contributed by atoms with E-state index in [4.69, 9.17) is 18.6 Å². The minimum Gasteiger partial charge on any atom is -0.508 e. The van der Waals surface area contributed by atoms with Gasteiger partial charge in [0, 0.05) is 12.1 Å². The summed E-state index contributed by atoms with van der Waals surface area (Å²) in [5.74, 6) is 0.119. The molecule has 1 fully saturated rings. The number of benzene rings is 1. The summed E-state index contributed by atoms with van der Waals surface area (Å²) in [5.41, 5.74) is 0.0716. The van der Waals surface area contributed by atoms with Crippen molar-refractivity contribution in [2.75, 3.05) is 13.7 Å². The minimum atomic E-state index is -1.65. The molecular formula is C19H22O10. The Morgan fingerprint density at radius 3 is 2.45 bits per heavy atom. The van der Waals surface area contributed by atoms with Crippen LogP contribution in [-0.4, -0.2) is 70.0 Å². The van der Waals surface area contributed by atoms with E-state index in [1.54, 1.807) is 6.92 Å². The van der Waals surface area contributed by atoms with E-state index < -0.39 is 42.9 Å². The lowest BCUT2D eigenvalue weighted by molar-refractivity contribution is -0.277. The molecule has 2 aromatic rings. The molecule has 1 saturated heterocycles. The highest BCUT2D eigenvalue weighted by Crippen LogP contribution is 2.38. The molecule has 10 heteroatoms. The van der Waals surface area contributed by atoms with Crippen LogP contribution in [0.25, 0.3) is 11.3 Å². The Hall–Kier alpha value is -2.63. The summed E-state index contributed by atoms with van der Waals surface area (Å²) in [6.07, 6.45) is -7.49. The molecule has 158 valence electrons. The molecule has 0 spiro atoms. The number of aliphatic hydroxyl groups excluding tert-OH is 4. The first-order valence-corrected chi connectivity index (χ1v) is 8.75. The second kappa shape index (κ2) is 8.39. The van der Waals surface area contributed by atoms with Crippen LogP contribution >= 0.6 is 0 Å². The van der Waals surface area contributed by atoms with Crippen molar-refractivity contribution in [2.45, 2.75) is 37.6 Å². The fourth-order valence-corrected chi connectivity index (χ4v) is 3.13. The van der Waals surface area contributed by atoms with Gasteiger partial charge in [0.15, 0.2) is 0 Å². The van der Waals surface area contributed by atoms with Gasteiger partial charge in [-0.25, -0.2) is 4.79 Å². The highest BCUT2D eigenvalue weighted by atomic mass is 16.7.